The van der Waals surface area contributed by atoms with Crippen molar-refractivity contribution in [2.45, 2.75) is 13.8 Å². The Labute approximate surface area is 124 Å². The highest BCUT2D eigenvalue weighted by Crippen LogP contribution is 2.28. The number of rotatable bonds is 6. The highest BCUT2D eigenvalue weighted by molar-refractivity contribution is 7.16. The van der Waals surface area contributed by atoms with Crippen LogP contribution >= 0.6 is 11.3 Å². The van der Waals surface area contributed by atoms with E-state index in [1.54, 1.807) is 11.3 Å². The van der Waals surface area contributed by atoms with Gasteiger partial charge < -0.3 is 15.5 Å². The normalized spacial score (nSPS) is 11.7. The predicted molar refractivity (Wildman–Crippen MR) is 87.4 cm³/mol. The van der Waals surface area contributed by atoms with Gasteiger partial charge in [0.05, 0.1) is 5.39 Å². The number of nitrogens with zero attached hydrogens (tertiary/aromatic N) is 4. The van der Waals surface area contributed by atoms with E-state index in [0.29, 0.717) is 11.9 Å². The van der Waals surface area contributed by atoms with Gasteiger partial charge in [-0.2, -0.15) is 4.98 Å². The third-order valence-electron chi connectivity index (χ3n) is 3.02. The summed E-state index contributed by atoms with van der Waals surface area (Å²) in [5.41, 5.74) is 5.86. The molecule has 2 N–H and O–H groups in total. The van der Waals surface area contributed by atoms with Crippen molar-refractivity contribution in [3.63, 3.8) is 0 Å². The Balaban J connectivity index is 2.36. The minimum atomic E-state index is 0.355. The van der Waals surface area contributed by atoms with Crippen molar-refractivity contribution < 1.29 is 0 Å². The summed E-state index contributed by atoms with van der Waals surface area (Å²) in [6.45, 7) is 7.33. The molecule has 0 amide bonds. The fourth-order valence-electron chi connectivity index (χ4n) is 2.14. The molecule has 0 unspecified atom stereocenters. The molecular formula is C14H23N5S. The quantitative estimate of drug-likeness (QED) is 0.885. The Morgan fingerprint density at radius 2 is 2.00 bits per heavy atom. The summed E-state index contributed by atoms with van der Waals surface area (Å²) in [6.07, 6.45) is 0. The summed E-state index contributed by atoms with van der Waals surface area (Å²) in [6, 6.07) is 2.08. The molecule has 20 heavy (non-hydrogen) atoms. The van der Waals surface area contributed by atoms with Gasteiger partial charge in [-0.15, -0.1) is 11.3 Å². The Hall–Kier alpha value is -1.40. The predicted octanol–water partition coefficient (Wildman–Crippen LogP) is 2.30. The molecule has 2 aromatic heterocycles. The first kappa shape index (κ1) is 15.0. The van der Waals surface area contributed by atoms with Crippen LogP contribution < -0.4 is 10.6 Å². The third-order valence-corrected chi connectivity index (χ3v) is 3.83. The van der Waals surface area contributed by atoms with Crippen molar-refractivity contribution in [2.24, 2.45) is 5.92 Å². The van der Waals surface area contributed by atoms with Crippen molar-refractivity contribution in [1.29, 1.82) is 0 Å². The number of hydrogen-bond acceptors (Lipinski definition) is 6. The van der Waals surface area contributed by atoms with Gasteiger partial charge >= 0.3 is 0 Å². The van der Waals surface area contributed by atoms with Crippen LogP contribution in [0.2, 0.25) is 0 Å². The molecule has 5 nitrogen and oxygen atoms in total. The lowest BCUT2D eigenvalue weighted by Crippen LogP contribution is -2.35. The molecule has 2 heterocycles. The molecule has 6 heteroatoms. The zero-order valence-corrected chi connectivity index (χ0v) is 13.4. The molecule has 0 fully saturated rings. The molecule has 2 aromatic rings. The molecule has 0 aliphatic rings. The minimum Gasteiger partial charge on any atom is -0.368 e. The van der Waals surface area contributed by atoms with Gasteiger partial charge in [-0.25, -0.2) is 4.98 Å². The lowest BCUT2D eigenvalue weighted by molar-refractivity contribution is 0.408. The van der Waals surface area contributed by atoms with Crippen LogP contribution in [0, 0.1) is 5.92 Å². The van der Waals surface area contributed by atoms with E-state index in [2.05, 4.69) is 53.8 Å². The van der Waals surface area contributed by atoms with Gasteiger partial charge in [0.2, 0.25) is 5.95 Å². The summed E-state index contributed by atoms with van der Waals surface area (Å²) in [5, 5.41) is 3.14. The van der Waals surface area contributed by atoms with Crippen molar-refractivity contribution in [2.75, 3.05) is 44.4 Å². The van der Waals surface area contributed by atoms with E-state index in [1.165, 1.54) is 0 Å². The van der Waals surface area contributed by atoms with Crippen LogP contribution in [-0.4, -0.2) is 48.6 Å². The number of thiophene rings is 1. The molecule has 0 radical (unpaired) electrons. The van der Waals surface area contributed by atoms with Gasteiger partial charge in [-0.05, 0) is 31.5 Å². The highest BCUT2D eigenvalue weighted by Gasteiger charge is 2.16. The molecule has 0 bridgehead atoms. The minimum absolute atomic E-state index is 0.355. The van der Waals surface area contributed by atoms with Crippen LogP contribution in [0.15, 0.2) is 11.4 Å². The maximum absolute atomic E-state index is 5.86. The van der Waals surface area contributed by atoms with Gasteiger partial charge in [-0.3, -0.25) is 0 Å². The second-order valence-corrected chi connectivity index (χ2v) is 6.58. The number of anilines is 2. The van der Waals surface area contributed by atoms with E-state index in [1.807, 2.05) is 5.38 Å². The lowest BCUT2D eigenvalue weighted by atomic mass is 10.2. The van der Waals surface area contributed by atoms with E-state index < -0.39 is 0 Å². The van der Waals surface area contributed by atoms with Crippen molar-refractivity contribution in [1.82, 2.24) is 14.9 Å². The fourth-order valence-corrected chi connectivity index (χ4v) is 2.91. The van der Waals surface area contributed by atoms with Crippen molar-refractivity contribution >= 4 is 33.3 Å². The lowest BCUT2D eigenvalue weighted by Gasteiger charge is -2.27. The SMILES string of the molecule is CC(C)CN(CCN(C)C)c1nc(N)nc2sccc12. The summed E-state index contributed by atoms with van der Waals surface area (Å²) in [7, 11) is 4.17. The molecule has 0 saturated heterocycles. The van der Waals surface area contributed by atoms with E-state index in [4.69, 9.17) is 5.73 Å². The van der Waals surface area contributed by atoms with Crippen LogP contribution in [0.4, 0.5) is 11.8 Å². The van der Waals surface area contributed by atoms with Crippen molar-refractivity contribution in [3.05, 3.63) is 11.4 Å². The molecule has 0 aromatic carbocycles. The monoisotopic (exact) mass is 293 g/mol. The van der Waals surface area contributed by atoms with Crippen LogP contribution in [0.5, 0.6) is 0 Å². The van der Waals surface area contributed by atoms with E-state index >= 15 is 0 Å². The molecule has 0 aliphatic carbocycles. The van der Waals surface area contributed by atoms with Crippen LogP contribution in [0.25, 0.3) is 10.2 Å². The zero-order valence-electron chi connectivity index (χ0n) is 12.6. The fraction of sp³-hybridized carbons (Fsp3) is 0.571. The van der Waals surface area contributed by atoms with Crippen LogP contribution in [-0.2, 0) is 0 Å². The zero-order chi connectivity index (χ0) is 14.7. The Morgan fingerprint density at radius 3 is 2.65 bits per heavy atom. The smallest absolute Gasteiger partial charge is 0.223 e. The summed E-state index contributed by atoms with van der Waals surface area (Å²) >= 11 is 1.61. The maximum Gasteiger partial charge on any atom is 0.223 e. The first-order valence-electron chi connectivity index (χ1n) is 6.87. The summed E-state index contributed by atoms with van der Waals surface area (Å²) < 4.78 is 0. The number of nitrogen functional groups attached to an aromatic ring is 1. The molecule has 0 aliphatic heterocycles. The topological polar surface area (TPSA) is 58.3 Å². The standard InChI is InChI=1S/C14H23N5S/c1-10(2)9-19(7-6-18(3)4)12-11-5-8-20-13(11)17-14(15)16-12/h5,8,10H,6-7,9H2,1-4H3,(H2,15,16,17). The maximum atomic E-state index is 5.86. The van der Waals surface area contributed by atoms with Gasteiger partial charge in [0.1, 0.15) is 10.6 Å². The van der Waals surface area contributed by atoms with E-state index in [-0.39, 0.29) is 0 Å². The molecule has 2 rings (SSSR count). The van der Waals surface area contributed by atoms with Crippen LogP contribution in [0.3, 0.4) is 0 Å². The van der Waals surface area contributed by atoms with Gasteiger partial charge in [0, 0.05) is 19.6 Å². The number of aromatic nitrogens is 2. The van der Waals surface area contributed by atoms with Gasteiger partial charge in [0.25, 0.3) is 0 Å². The molecule has 110 valence electrons. The van der Waals surface area contributed by atoms with E-state index in [9.17, 15) is 0 Å². The highest BCUT2D eigenvalue weighted by atomic mass is 32.1. The van der Waals surface area contributed by atoms with Crippen LogP contribution in [0.1, 0.15) is 13.8 Å². The number of nitrogens with two attached hydrogens (primary N) is 1. The van der Waals surface area contributed by atoms with Gasteiger partial charge in [0.15, 0.2) is 0 Å². The summed E-state index contributed by atoms with van der Waals surface area (Å²) in [5.74, 6) is 1.89. The molecular weight excluding hydrogens is 270 g/mol. The van der Waals surface area contributed by atoms with E-state index in [0.717, 1.165) is 35.7 Å². The second kappa shape index (κ2) is 6.37. The number of likely N-dealkylation sites (N-methyl/N-ethyl adjacent to an activating group) is 1. The summed E-state index contributed by atoms with van der Waals surface area (Å²) in [4.78, 5) is 14.3. The van der Waals surface area contributed by atoms with Crippen molar-refractivity contribution in [3.8, 4) is 0 Å². The average Bonchev–Trinajstić information content (AvgIpc) is 2.80. The Bertz CT molecular complexity index is 564. The first-order valence-corrected chi connectivity index (χ1v) is 7.75. The largest absolute Gasteiger partial charge is 0.368 e. The number of fused-ring (bicyclic) bond motifs is 1. The Kier molecular flexibility index (Phi) is 4.77. The number of hydrogen-bond donors (Lipinski definition) is 1. The third kappa shape index (κ3) is 3.58. The first-order chi connectivity index (χ1) is 9.47. The molecule has 0 spiro atoms. The molecule has 0 atom stereocenters. The average molecular weight is 293 g/mol. The van der Waals surface area contributed by atoms with Gasteiger partial charge in [-0.1, -0.05) is 13.8 Å². The Morgan fingerprint density at radius 1 is 1.25 bits per heavy atom. The molecule has 0 saturated carbocycles. The second-order valence-electron chi connectivity index (χ2n) is 5.69.